The molecule has 0 spiro atoms. The summed E-state index contributed by atoms with van der Waals surface area (Å²) in [7, 11) is 1.63. The number of methoxy groups -OCH3 is 1. The van der Waals surface area contributed by atoms with Crippen molar-refractivity contribution in [2.75, 3.05) is 7.11 Å². The van der Waals surface area contributed by atoms with E-state index in [-0.39, 0.29) is 0 Å². The van der Waals surface area contributed by atoms with Crippen molar-refractivity contribution in [3.05, 3.63) is 42.6 Å². The lowest BCUT2D eigenvalue weighted by atomic mass is 10.2. The van der Waals surface area contributed by atoms with Gasteiger partial charge in [0.25, 0.3) is 0 Å². The Morgan fingerprint density at radius 1 is 1.47 bits per heavy atom. The second-order valence-electron chi connectivity index (χ2n) is 3.63. The van der Waals surface area contributed by atoms with Crippen LogP contribution >= 0.6 is 0 Å². The summed E-state index contributed by atoms with van der Waals surface area (Å²) < 4.78 is 7.12. The number of nitrogens with zero attached hydrogens (tertiary/aromatic N) is 1. The number of allylic oxidation sites excluding steroid dienone is 1. The van der Waals surface area contributed by atoms with Crippen LogP contribution in [0.2, 0.25) is 0 Å². The molecule has 4 heteroatoms. The maximum Gasteiger partial charge on any atom is 0.328 e. The van der Waals surface area contributed by atoms with E-state index in [1.807, 2.05) is 35.0 Å². The molecule has 0 aliphatic rings. The van der Waals surface area contributed by atoms with Crippen LogP contribution < -0.4 is 4.74 Å². The van der Waals surface area contributed by atoms with Gasteiger partial charge >= 0.3 is 5.97 Å². The van der Waals surface area contributed by atoms with Crippen molar-refractivity contribution in [3.63, 3.8) is 0 Å². The average molecular weight is 231 g/mol. The second kappa shape index (κ2) is 4.74. The summed E-state index contributed by atoms with van der Waals surface area (Å²) in [6.45, 7) is 0.544. The third kappa shape index (κ3) is 2.47. The molecule has 1 N–H and O–H groups in total. The van der Waals surface area contributed by atoms with Gasteiger partial charge < -0.3 is 14.4 Å². The second-order valence-corrected chi connectivity index (χ2v) is 3.63. The Bertz CT molecular complexity index is 569. The van der Waals surface area contributed by atoms with E-state index >= 15 is 0 Å². The number of benzene rings is 1. The van der Waals surface area contributed by atoms with E-state index in [4.69, 9.17) is 9.84 Å². The minimum atomic E-state index is -0.928. The van der Waals surface area contributed by atoms with Crippen LogP contribution in [0.3, 0.4) is 0 Å². The molecule has 4 nitrogen and oxygen atoms in total. The van der Waals surface area contributed by atoms with Gasteiger partial charge in [-0.1, -0.05) is 6.08 Å². The Morgan fingerprint density at radius 2 is 2.29 bits per heavy atom. The molecule has 0 amide bonds. The molecule has 17 heavy (non-hydrogen) atoms. The standard InChI is InChI=1S/C13H13NO3/c1-17-11-4-5-12-10(9-11)6-8-14(12)7-2-3-13(15)16/h2-6,8-9H,7H2,1H3,(H,15,16). The topological polar surface area (TPSA) is 51.5 Å². The third-order valence-electron chi connectivity index (χ3n) is 2.54. The minimum Gasteiger partial charge on any atom is -0.497 e. The normalized spacial score (nSPS) is 11.1. The van der Waals surface area contributed by atoms with E-state index in [2.05, 4.69) is 0 Å². The fourth-order valence-electron chi connectivity index (χ4n) is 1.73. The lowest BCUT2D eigenvalue weighted by molar-refractivity contribution is -0.131. The summed E-state index contributed by atoms with van der Waals surface area (Å²) in [5.41, 5.74) is 1.06. The van der Waals surface area contributed by atoms with Gasteiger partial charge in [-0.3, -0.25) is 0 Å². The van der Waals surface area contributed by atoms with E-state index in [1.54, 1.807) is 13.2 Å². The van der Waals surface area contributed by atoms with Gasteiger partial charge in [-0.15, -0.1) is 0 Å². The first kappa shape index (κ1) is 11.3. The van der Waals surface area contributed by atoms with Crippen molar-refractivity contribution >= 4 is 16.9 Å². The molecule has 0 aliphatic heterocycles. The molecule has 0 radical (unpaired) electrons. The number of hydrogen-bond donors (Lipinski definition) is 1. The highest BCUT2D eigenvalue weighted by Crippen LogP contribution is 2.21. The predicted molar refractivity (Wildman–Crippen MR) is 65.3 cm³/mol. The molecule has 0 fully saturated rings. The Hall–Kier alpha value is -2.23. The van der Waals surface area contributed by atoms with Crippen LogP contribution in [0.1, 0.15) is 0 Å². The summed E-state index contributed by atoms with van der Waals surface area (Å²) >= 11 is 0. The van der Waals surface area contributed by atoms with Crippen LogP contribution in [0.4, 0.5) is 0 Å². The molecule has 0 atom stereocenters. The van der Waals surface area contributed by atoms with Crippen LogP contribution in [-0.4, -0.2) is 22.8 Å². The van der Waals surface area contributed by atoms with Gasteiger partial charge in [0, 0.05) is 29.7 Å². The first-order valence-electron chi connectivity index (χ1n) is 5.23. The molecule has 88 valence electrons. The first-order chi connectivity index (χ1) is 8.20. The zero-order valence-corrected chi connectivity index (χ0v) is 9.46. The molecule has 1 heterocycles. The Labute approximate surface area is 98.7 Å². The van der Waals surface area contributed by atoms with Gasteiger partial charge in [-0.25, -0.2) is 4.79 Å². The van der Waals surface area contributed by atoms with Crippen LogP contribution in [0.15, 0.2) is 42.6 Å². The lowest BCUT2D eigenvalue weighted by Crippen LogP contribution is -1.94. The van der Waals surface area contributed by atoms with Gasteiger partial charge in [-0.2, -0.15) is 0 Å². The van der Waals surface area contributed by atoms with E-state index in [9.17, 15) is 4.79 Å². The Morgan fingerprint density at radius 3 is 3.00 bits per heavy atom. The number of aromatic nitrogens is 1. The largest absolute Gasteiger partial charge is 0.497 e. The SMILES string of the molecule is COc1ccc2c(ccn2CC=CC(=O)O)c1. The van der Waals surface area contributed by atoms with Crippen molar-refractivity contribution in [2.24, 2.45) is 0 Å². The number of ether oxygens (including phenoxy) is 1. The lowest BCUT2D eigenvalue weighted by Gasteiger charge is -2.02. The number of carboxylic acid groups (broad SMARTS) is 1. The highest BCUT2D eigenvalue weighted by Gasteiger charge is 2.01. The molecule has 1 aromatic heterocycles. The van der Waals surface area contributed by atoms with Crippen molar-refractivity contribution < 1.29 is 14.6 Å². The molecule has 0 unspecified atom stereocenters. The summed E-state index contributed by atoms with van der Waals surface area (Å²) in [6.07, 6.45) is 4.69. The zero-order chi connectivity index (χ0) is 12.3. The third-order valence-corrected chi connectivity index (χ3v) is 2.54. The molecule has 2 rings (SSSR count). The van der Waals surface area contributed by atoms with Crippen LogP contribution in [0.25, 0.3) is 10.9 Å². The number of aliphatic carboxylic acids is 1. The quantitative estimate of drug-likeness (QED) is 0.821. The average Bonchev–Trinajstić information content (AvgIpc) is 2.71. The van der Waals surface area contributed by atoms with E-state index < -0.39 is 5.97 Å². The number of fused-ring (bicyclic) bond motifs is 1. The zero-order valence-electron chi connectivity index (χ0n) is 9.46. The predicted octanol–water partition coefficient (Wildman–Crippen LogP) is 2.29. The summed E-state index contributed by atoms with van der Waals surface area (Å²) in [6, 6.07) is 7.78. The van der Waals surface area contributed by atoms with Gasteiger partial charge in [0.2, 0.25) is 0 Å². The van der Waals surface area contributed by atoms with Gasteiger partial charge in [0.1, 0.15) is 5.75 Å². The molecular weight excluding hydrogens is 218 g/mol. The number of hydrogen-bond acceptors (Lipinski definition) is 2. The summed E-state index contributed by atoms with van der Waals surface area (Å²) in [5, 5.41) is 9.59. The van der Waals surface area contributed by atoms with E-state index in [0.29, 0.717) is 6.54 Å². The van der Waals surface area contributed by atoms with E-state index in [1.165, 1.54) is 0 Å². The number of carboxylic acids is 1. The highest BCUT2D eigenvalue weighted by molar-refractivity contribution is 5.82. The summed E-state index contributed by atoms with van der Waals surface area (Å²) in [4.78, 5) is 10.4. The van der Waals surface area contributed by atoms with Crippen molar-refractivity contribution in [3.8, 4) is 5.75 Å². The van der Waals surface area contributed by atoms with Crippen molar-refractivity contribution in [1.29, 1.82) is 0 Å². The minimum absolute atomic E-state index is 0.544. The van der Waals surface area contributed by atoms with Crippen LogP contribution in [0.5, 0.6) is 5.75 Å². The van der Waals surface area contributed by atoms with Crippen molar-refractivity contribution in [2.45, 2.75) is 6.54 Å². The summed E-state index contributed by atoms with van der Waals surface area (Å²) in [5.74, 6) is -0.112. The maximum absolute atomic E-state index is 10.4. The molecule has 2 aromatic rings. The molecule has 0 aliphatic carbocycles. The Kier molecular flexibility index (Phi) is 3.14. The molecule has 0 saturated carbocycles. The first-order valence-corrected chi connectivity index (χ1v) is 5.23. The highest BCUT2D eigenvalue weighted by atomic mass is 16.5. The smallest absolute Gasteiger partial charge is 0.328 e. The van der Waals surface area contributed by atoms with Gasteiger partial charge in [0.15, 0.2) is 0 Å². The van der Waals surface area contributed by atoms with Crippen LogP contribution in [0, 0.1) is 0 Å². The van der Waals surface area contributed by atoms with Crippen LogP contribution in [-0.2, 0) is 11.3 Å². The molecular formula is C13H13NO3. The van der Waals surface area contributed by atoms with Gasteiger partial charge in [-0.05, 0) is 24.3 Å². The van der Waals surface area contributed by atoms with E-state index in [0.717, 1.165) is 22.7 Å². The Balaban J connectivity index is 2.27. The van der Waals surface area contributed by atoms with Crippen molar-refractivity contribution in [1.82, 2.24) is 4.57 Å². The number of carbonyl (C=O) groups is 1. The fourth-order valence-corrected chi connectivity index (χ4v) is 1.73. The molecule has 1 aromatic carbocycles. The fraction of sp³-hybridized carbons (Fsp3) is 0.154. The monoisotopic (exact) mass is 231 g/mol. The number of rotatable bonds is 4. The molecule has 0 saturated heterocycles. The van der Waals surface area contributed by atoms with Gasteiger partial charge in [0.05, 0.1) is 7.11 Å². The maximum atomic E-state index is 10.4. The molecule has 0 bridgehead atoms.